The van der Waals surface area contributed by atoms with E-state index in [1.54, 1.807) is 12.1 Å². The van der Waals surface area contributed by atoms with Crippen molar-refractivity contribution in [1.82, 2.24) is 15.0 Å². The topological polar surface area (TPSA) is 112 Å². The molecule has 7 nitrogen and oxygen atoms in total. The molecule has 0 fully saturated rings. The molecule has 4 N–H and O–H groups in total. The Labute approximate surface area is 109 Å². The predicted molar refractivity (Wildman–Crippen MR) is 65.4 cm³/mol. The second-order valence-corrected chi connectivity index (χ2v) is 4.08. The number of aliphatic hydroxyl groups is 4. The third kappa shape index (κ3) is 2.96. The molecule has 0 saturated carbocycles. The van der Waals surface area contributed by atoms with Crippen molar-refractivity contribution in [2.75, 3.05) is 6.61 Å². The summed E-state index contributed by atoms with van der Waals surface area (Å²) in [6.45, 7) is -0.648. The molecule has 0 amide bonds. The van der Waals surface area contributed by atoms with Crippen LogP contribution in [0.5, 0.6) is 0 Å². The number of hydrogen-bond donors (Lipinski definition) is 4. The number of para-hydroxylation sites is 1. The van der Waals surface area contributed by atoms with Crippen LogP contribution in [0, 0.1) is 0 Å². The summed E-state index contributed by atoms with van der Waals surface area (Å²) in [5.74, 6) is 0. The molecule has 2 rings (SSSR count). The van der Waals surface area contributed by atoms with Gasteiger partial charge in [-0.05, 0) is 12.1 Å². The van der Waals surface area contributed by atoms with E-state index in [9.17, 15) is 15.3 Å². The minimum absolute atomic E-state index is 0.115. The highest BCUT2D eigenvalue weighted by Crippen LogP contribution is 2.17. The summed E-state index contributed by atoms with van der Waals surface area (Å²) in [5, 5.41) is 45.4. The second-order valence-electron chi connectivity index (χ2n) is 4.08. The fraction of sp³-hybridized carbons (Fsp3) is 0.333. The highest BCUT2D eigenvalue weighted by molar-refractivity contribution is 5.28. The van der Waals surface area contributed by atoms with Gasteiger partial charge in [0.25, 0.3) is 0 Å². The number of rotatable bonds is 5. The van der Waals surface area contributed by atoms with Crippen LogP contribution in [0.25, 0.3) is 5.69 Å². The molecule has 0 aliphatic carbocycles. The average Bonchev–Trinajstić information content (AvgIpc) is 2.95. The number of aromatic nitrogens is 3. The molecule has 102 valence electrons. The molecule has 0 aliphatic heterocycles. The summed E-state index contributed by atoms with van der Waals surface area (Å²) < 4.78 is 0. The zero-order chi connectivity index (χ0) is 13.8. The Bertz CT molecular complexity index is 517. The van der Waals surface area contributed by atoms with E-state index >= 15 is 0 Å². The third-order valence-corrected chi connectivity index (χ3v) is 2.70. The van der Waals surface area contributed by atoms with E-state index in [0.29, 0.717) is 5.69 Å². The average molecular weight is 265 g/mol. The van der Waals surface area contributed by atoms with Crippen molar-refractivity contribution in [2.45, 2.75) is 18.3 Å². The van der Waals surface area contributed by atoms with Crippen molar-refractivity contribution in [3.05, 3.63) is 42.2 Å². The fourth-order valence-electron chi connectivity index (χ4n) is 1.59. The lowest BCUT2D eigenvalue weighted by molar-refractivity contribution is -0.0790. The molecule has 0 saturated heterocycles. The zero-order valence-corrected chi connectivity index (χ0v) is 10.0. The smallest absolute Gasteiger partial charge is 0.128 e. The van der Waals surface area contributed by atoms with Gasteiger partial charge in [-0.1, -0.05) is 18.2 Å². The van der Waals surface area contributed by atoms with Gasteiger partial charge < -0.3 is 20.4 Å². The number of benzene rings is 1. The molecular formula is C12H15N3O4. The van der Waals surface area contributed by atoms with Gasteiger partial charge in [-0.2, -0.15) is 15.0 Å². The number of hydrogen-bond acceptors (Lipinski definition) is 6. The highest BCUT2D eigenvalue weighted by atomic mass is 16.4. The summed E-state index contributed by atoms with van der Waals surface area (Å²) in [6.07, 6.45) is -3.08. The van der Waals surface area contributed by atoms with Gasteiger partial charge in [-0.3, -0.25) is 0 Å². The van der Waals surface area contributed by atoms with Crippen LogP contribution >= 0.6 is 0 Å². The summed E-state index contributed by atoms with van der Waals surface area (Å²) >= 11 is 0. The normalized spacial score (nSPS) is 16.0. The molecule has 1 aromatic carbocycles. The van der Waals surface area contributed by atoms with Crippen LogP contribution < -0.4 is 0 Å². The lowest BCUT2D eigenvalue weighted by atomic mass is 10.1. The lowest BCUT2D eigenvalue weighted by Gasteiger charge is -2.19. The minimum Gasteiger partial charge on any atom is -0.394 e. The Morgan fingerprint density at radius 2 is 1.79 bits per heavy atom. The van der Waals surface area contributed by atoms with Crippen molar-refractivity contribution in [3.63, 3.8) is 0 Å². The standard InChI is InChI=1S/C12H15N3O4/c16-7-10(17)12(19)11(18)9-6-13-15(14-9)8-4-2-1-3-5-8/h1-6,10-12,16-19H,7H2/t10-,11-,12+/m1/s1. The Kier molecular flexibility index (Phi) is 4.23. The van der Waals surface area contributed by atoms with Crippen molar-refractivity contribution in [1.29, 1.82) is 0 Å². The van der Waals surface area contributed by atoms with E-state index in [1.807, 2.05) is 18.2 Å². The lowest BCUT2D eigenvalue weighted by Crippen LogP contribution is -2.34. The van der Waals surface area contributed by atoms with E-state index < -0.39 is 24.9 Å². The predicted octanol–water partition coefficient (Wildman–Crippen LogP) is -0.985. The quantitative estimate of drug-likeness (QED) is 0.552. The van der Waals surface area contributed by atoms with Crippen LogP contribution in [-0.2, 0) is 0 Å². The van der Waals surface area contributed by atoms with E-state index in [0.717, 1.165) is 0 Å². The maximum Gasteiger partial charge on any atom is 0.128 e. The van der Waals surface area contributed by atoms with Crippen LogP contribution in [0.15, 0.2) is 36.5 Å². The van der Waals surface area contributed by atoms with Gasteiger partial charge >= 0.3 is 0 Å². The van der Waals surface area contributed by atoms with Gasteiger partial charge in [0.1, 0.15) is 24.0 Å². The monoisotopic (exact) mass is 265 g/mol. The molecule has 1 heterocycles. The minimum atomic E-state index is -1.52. The van der Waals surface area contributed by atoms with Crippen LogP contribution in [0.2, 0.25) is 0 Å². The van der Waals surface area contributed by atoms with Gasteiger partial charge in [0.15, 0.2) is 0 Å². The summed E-state index contributed by atoms with van der Waals surface area (Å²) in [7, 11) is 0. The molecule has 1 aromatic heterocycles. The van der Waals surface area contributed by atoms with Crippen LogP contribution in [0.3, 0.4) is 0 Å². The summed E-state index contributed by atoms with van der Waals surface area (Å²) in [6, 6.07) is 9.06. The van der Waals surface area contributed by atoms with Crippen LogP contribution in [-0.4, -0.2) is 54.2 Å². The molecule has 0 bridgehead atoms. The Hall–Kier alpha value is -1.80. The highest BCUT2D eigenvalue weighted by Gasteiger charge is 2.27. The molecular weight excluding hydrogens is 250 g/mol. The van der Waals surface area contributed by atoms with Gasteiger partial charge in [0.2, 0.25) is 0 Å². The molecule has 7 heteroatoms. The maximum atomic E-state index is 9.81. The second kappa shape index (κ2) is 5.89. The van der Waals surface area contributed by atoms with Gasteiger partial charge in [-0.25, -0.2) is 0 Å². The van der Waals surface area contributed by atoms with Crippen LogP contribution in [0.4, 0.5) is 0 Å². The van der Waals surface area contributed by atoms with Gasteiger partial charge in [0, 0.05) is 0 Å². The van der Waals surface area contributed by atoms with Crippen molar-refractivity contribution >= 4 is 0 Å². The zero-order valence-electron chi connectivity index (χ0n) is 10.0. The van der Waals surface area contributed by atoms with E-state index in [-0.39, 0.29) is 5.69 Å². The largest absolute Gasteiger partial charge is 0.394 e. The molecule has 19 heavy (non-hydrogen) atoms. The molecule has 2 aromatic rings. The Morgan fingerprint density at radius 1 is 1.11 bits per heavy atom. The first-order chi connectivity index (χ1) is 9.13. The Morgan fingerprint density at radius 3 is 2.42 bits per heavy atom. The molecule has 0 aliphatic rings. The first-order valence-electron chi connectivity index (χ1n) is 5.76. The first-order valence-corrected chi connectivity index (χ1v) is 5.76. The molecule has 3 atom stereocenters. The van der Waals surface area contributed by atoms with Crippen molar-refractivity contribution < 1.29 is 20.4 Å². The van der Waals surface area contributed by atoms with Gasteiger partial charge in [0.05, 0.1) is 18.5 Å². The van der Waals surface area contributed by atoms with E-state index in [4.69, 9.17) is 5.11 Å². The van der Waals surface area contributed by atoms with Gasteiger partial charge in [-0.15, -0.1) is 0 Å². The molecule has 0 spiro atoms. The first kappa shape index (κ1) is 13.6. The maximum absolute atomic E-state index is 9.81. The van der Waals surface area contributed by atoms with Crippen LogP contribution in [0.1, 0.15) is 11.8 Å². The summed E-state index contributed by atoms with van der Waals surface area (Å²) in [4.78, 5) is 1.30. The molecule has 0 unspecified atom stereocenters. The van der Waals surface area contributed by atoms with Crippen molar-refractivity contribution in [2.24, 2.45) is 0 Å². The van der Waals surface area contributed by atoms with Crippen molar-refractivity contribution in [3.8, 4) is 5.69 Å². The fourth-order valence-corrected chi connectivity index (χ4v) is 1.59. The Balaban J connectivity index is 2.17. The summed E-state index contributed by atoms with van der Waals surface area (Å²) in [5.41, 5.74) is 0.821. The number of nitrogens with zero attached hydrogens (tertiary/aromatic N) is 3. The molecule has 0 radical (unpaired) electrons. The number of aliphatic hydroxyl groups excluding tert-OH is 4. The SMILES string of the molecule is OC[C@@H](O)[C@H](O)[C@H](O)c1cnn(-c2ccccc2)n1. The van der Waals surface area contributed by atoms with E-state index in [1.165, 1.54) is 11.0 Å². The third-order valence-electron chi connectivity index (χ3n) is 2.70. The van der Waals surface area contributed by atoms with E-state index in [2.05, 4.69) is 10.2 Å².